The summed E-state index contributed by atoms with van der Waals surface area (Å²) in [5.74, 6) is 0.612. The fourth-order valence-corrected chi connectivity index (χ4v) is 3.04. The molecular formula is C23H23FN2O5. The van der Waals surface area contributed by atoms with Gasteiger partial charge in [-0.1, -0.05) is 12.1 Å². The van der Waals surface area contributed by atoms with E-state index in [1.165, 1.54) is 36.2 Å². The highest BCUT2D eigenvalue weighted by molar-refractivity contribution is 5.49. The van der Waals surface area contributed by atoms with Gasteiger partial charge in [0, 0.05) is 24.9 Å². The van der Waals surface area contributed by atoms with Crippen LogP contribution in [0.25, 0.3) is 5.69 Å². The highest BCUT2D eigenvalue weighted by atomic mass is 19.1. The second-order valence-corrected chi connectivity index (χ2v) is 7.48. The first-order valence-corrected chi connectivity index (χ1v) is 9.96. The standard InChI is InChI=1S/C23H23FN2O5/c1-29-20-14-18(6-7-19(20)31-15-23(28)9-10-23)26-12-11-25-21(22(26)27)30-13-8-16-2-4-17(24)5-3-16/h2-7,11-12,14,28H,8-10,13,15H2,1H3. The summed E-state index contributed by atoms with van der Waals surface area (Å²) in [6, 6.07) is 11.2. The molecule has 1 saturated carbocycles. The lowest BCUT2D eigenvalue weighted by atomic mass is 10.2. The van der Waals surface area contributed by atoms with Crippen molar-refractivity contribution in [1.29, 1.82) is 0 Å². The summed E-state index contributed by atoms with van der Waals surface area (Å²) < 4.78 is 31.0. The first kappa shape index (κ1) is 20.9. The molecule has 1 aliphatic carbocycles. The molecule has 1 fully saturated rings. The highest BCUT2D eigenvalue weighted by Crippen LogP contribution is 2.37. The number of methoxy groups -OCH3 is 1. The van der Waals surface area contributed by atoms with Crippen molar-refractivity contribution in [3.8, 4) is 23.1 Å². The van der Waals surface area contributed by atoms with Crippen LogP contribution in [0.1, 0.15) is 18.4 Å². The van der Waals surface area contributed by atoms with E-state index in [-0.39, 0.29) is 24.9 Å². The first-order chi connectivity index (χ1) is 15.0. The molecule has 0 radical (unpaired) electrons. The summed E-state index contributed by atoms with van der Waals surface area (Å²) in [6.45, 7) is 0.431. The van der Waals surface area contributed by atoms with Crippen LogP contribution in [-0.4, -0.2) is 40.6 Å². The third-order valence-electron chi connectivity index (χ3n) is 5.10. The molecule has 1 heterocycles. The molecule has 3 aromatic rings. The molecule has 1 aromatic heterocycles. The molecule has 0 unspecified atom stereocenters. The minimum atomic E-state index is -0.744. The SMILES string of the molecule is COc1cc(-n2ccnc(OCCc3ccc(F)cc3)c2=O)ccc1OCC1(O)CC1. The van der Waals surface area contributed by atoms with Crippen molar-refractivity contribution in [2.45, 2.75) is 24.9 Å². The Balaban J connectivity index is 1.47. The molecule has 0 atom stereocenters. The number of rotatable bonds is 9. The molecule has 0 amide bonds. The molecule has 0 spiro atoms. The van der Waals surface area contributed by atoms with Crippen molar-refractivity contribution < 1.29 is 23.7 Å². The number of halogens is 1. The molecule has 0 bridgehead atoms. The van der Waals surface area contributed by atoms with Gasteiger partial charge < -0.3 is 19.3 Å². The molecule has 0 aliphatic heterocycles. The highest BCUT2D eigenvalue weighted by Gasteiger charge is 2.41. The molecule has 8 heteroatoms. The summed E-state index contributed by atoms with van der Waals surface area (Å²) >= 11 is 0. The van der Waals surface area contributed by atoms with E-state index in [0.717, 1.165) is 18.4 Å². The number of ether oxygens (including phenoxy) is 3. The maximum absolute atomic E-state index is 13.0. The predicted molar refractivity (Wildman–Crippen MR) is 112 cm³/mol. The second kappa shape index (κ2) is 8.77. The van der Waals surface area contributed by atoms with Gasteiger partial charge >= 0.3 is 5.56 Å². The van der Waals surface area contributed by atoms with Gasteiger partial charge in [-0.25, -0.2) is 9.37 Å². The van der Waals surface area contributed by atoms with Crippen molar-refractivity contribution in [1.82, 2.24) is 9.55 Å². The predicted octanol–water partition coefficient (Wildman–Crippen LogP) is 2.91. The van der Waals surface area contributed by atoms with Crippen LogP contribution >= 0.6 is 0 Å². The number of hydrogen-bond acceptors (Lipinski definition) is 6. The Morgan fingerprint density at radius 2 is 1.90 bits per heavy atom. The van der Waals surface area contributed by atoms with Gasteiger partial charge in [-0.05, 0) is 42.7 Å². The maximum atomic E-state index is 13.0. The third kappa shape index (κ3) is 5.03. The Kier molecular flexibility index (Phi) is 5.90. The monoisotopic (exact) mass is 426 g/mol. The van der Waals surface area contributed by atoms with Crippen LogP contribution < -0.4 is 19.8 Å². The van der Waals surface area contributed by atoms with Crippen LogP contribution in [0.3, 0.4) is 0 Å². The minimum absolute atomic E-state index is 0.0279. The molecule has 31 heavy (non-hydrogen) atoms. The average molecular weight is 426 g/mol. The molecule has 0 saturated heterocycles. The van der Waals surface area contributed by atoms with Crippen LogP contribution in [0.5, 0.6) is 17.4 Å². The van der Waals surface area contributed by atoms with Gasteiger partial charge in [-0.15, -0.1) is 0 Å². The lowest BCUT2D eigenvalue weighted by Gasteiger charge is -2.15. The molecule has 1 aliphatic rings. The maximum Gasteiger partial charge on any atom is 0.317 e. The average Bonchev–Trinajstić information content (AvgIpc) is 3.52. The zero-order valence-corrected chi connectivity index (χ0v) is 17.1. The van der Waals surface area contributed by atoms with Crippen molar-refractivity contribution in [3.63, 3.8) is 0 Å². The van der Waals surface area contributed by atoms with E-state index in [1.807, 2.05) is 0 Å². The van der Waals surface area contributed by atoms with Crippen molar-refractivity contribution in [2.24, 2.45) is 0 Å². The van der Waals surface area contributed by atoms with Crippen molar-refractivity contribution >= 4 is 0 Å². The Bertz CT molecular complexity index is 1110. The minimum Gasteiger partial charge on any atom is -0.493 e. The van der Waals surface area contributed by atoms with Crippen LogP contribution in [0.4, 0.5) is 4.39 Å². The smallest absolute Gasteiger partial charge is 0.317 e. The fraction of sp³-hybridized carbons (Fsp3) is 0.304. The van der Waals surface area contributed by atoms with Gasteiger partial charge in [0.15, 0.2) is 11.5 Å². The van der Waals surface area contributed by atoms with Gasteiger partial charge in [0.1, 0.15) is 12.4 Å². The van der Waals surface area contributed by atoms with Crippen molar-refractivity contribution in [2.75, 3.05) is 20.3 Å². The molecule has 1 N–H and O–H groups in total. The zero-order chi connectivity index (χ0) is 21.8. The van der Waals surface area contributed by atoms with E-state index in [2.05, 4.69) is 4.98 Å². The van der Waals surface area contributed by atoms with Crippen LogP contribution in [-0.2, 0) is 6.42 Å². The Hall–Kier alpha value is -3.39. The topological polar surface area (TPSA) is 82.8 Å². The zero-order valence-electron chi connectivity index (χ0n) is 17.1. The quantitative estimate of drug-likeness (QED) is 0.567. The third-order valence-corrected chi connectivity index (χ3v) is 5.10. The Morgan fingerprint density at radius 1 is 1.13 bits per heavy atom. The summed E-state index contributed by atoms with van der Waals surface area (Å²) in [5.41, 5.74) is 0.301. The second-order valence-electron chi connectivity index (χ2n) is 7.48. The molecule has 7 nitrogen and oxygen atoms in total. The summed E-state index contributed by atoms with van der Waals surface area (Å²) in [5, 5.41) is 9.96. The van der Waals surface area contributed by atoms with Crippen LogP contribution in [0.2, 0.25) is 0 Å². The summed E-state index contributed by atoms with van der Waals surface area (Å²) in [6.07, 6.45) is 4.99. The number of aromatic nitrogens is 2. The first-order valence-electron chi connectivity index (χ1n) is 9.96. The summed E-state index contributed by atoms with van der Waals surface area (Å²) in [7, 11) is 1.51. The lowest BCUT2D eigenvalue weighted by Crippen LogP contribution is -2.22. The molecule has 2 aromatic carbocycles. The van der Waals surface area contributed by atoms with E-state index in [0.29, 0.717) is 23.6 Å². The van der Waals surface area contributed by atoms with E-state index in [1.54, 1.807) is 30.3 Å². The Labute approximate surface area is 178 Å². The van der Waals surface area contributed by atoms with Crippen LogP contribution in [0.15, 0.2) is 59.7 Å². The molecular weight excluding hydrogens is 403 g/mol. The van der Waals surface area contributed by atoms with E-state index >= 15 is 0 Å². The largest absolute Gasteiger partial charge is 0.493 e. The summed E-state index contributed by atoms with van der Waals surface area (Å²) in [4.78, 5) is 16.9. The Morgan fingerprint density at radius 3 is 2.61 bits per heavy atom. The van der Waals surface area contributed by atoms with E-state index in [9.17, 15) is 14.3 Å². The number of nitrogens with zero attached hydrogens (tertiary/aromatic N) is 2. The van der Waals surface area contributed by atoms with Gasteiger partial charge in [0.25, 0.3) is 5.88 Å². The molecule has 162 valence electrons. The number of aliphatic hydroxyl groups is 1. The van der Waals surface area contributed by atoms with E-state index < -0.39 is 11.2 Å². The van der Waals surface area contributed by atoms with Crippen molar-refractivity contribution in [3.05, 3.63) is 76.6 Å². The van der Waals surface area contributed by atoms with Gasteiger partial charge in [0.05, 0.1) is 25.0 Å². The fourth-order valence-electron chi connectivity index (χ4n) is 3.04. The van der Waals surface area contributed by atoms with Gasteiger partial charge in [0.2, 0.25) is 0 Å². The normalized spacial score (nSPS) is 14.2. The molecule has 4 rings (SSSR count). The van der Waals surface area contributed by atoms with Gasteiger partial charge in [-0.3, -0.25) is 9.36 Å². The number of benzene rings is 2. The van der Waals surface area contributed by atoms with Gasteiger partial charge in [-0.2, -0.15) is 0 Å². The number of hydrogen-bond donors (Lipinski definition) is 1. The lowest BCUT2D eigenvalue weighted by molar-refractivity contribution is 0.0842. The van der Waals surface area contributed by atoms with Crippen LogP contribution in [0, 0.1) is 5.82 Å². The van der Waals surface area contributed by atoms with E-state index in [4.69, 9.17) is 14.2 Å².